The molecule has 6 nitrogen and oxygen atoms in total. The fourth-order valence-electron chi connectivity index (χ4n) is 5.33. The zero-order chi connectivity index (χ0) is 23.4. The number of carbonyl (C=O) groups excluding carboxylic acids is 2. The Hall–Kier alpha value is -2.67. The average molecular weight is 469 g/mol. The van der Waals surface area contributed by atoms with Gasteiger partial charge in [-0.05, 0) is 68.2 Å². The molecule has 33 heavy (non-hydrogen) atoms. The van der Waals surface area contributed by atoms with E-state index in [1.165, 1.54) is 37.4 Å². The summed E-state index contributed by atoms with van der Waals surface area (Å²) in [6.45, 7) is 2.13. The number of hydrogen-bond acceptors (Lipinski definition) is 5. The summed E-state index contributed by atoms with van der Waals surface area (Å²) in [5.74, 6) is 3.33. The highest BCUT2D eigenvalue weighted by Crippen LogP contribution is 2.49. The van der Waals surface area contributed by atoms with E-state index in [1.54, 1.807) is 32.4 Å². The second kappa shape index (κ2) is 10.5. The lowest BCUT2D eigenvalue weighted by molar-refractivity contribution is -0.113. The SMILES string of the molecule is COc1ccc(NC(=O)CSc2ccccc2C(=O)N[C@@H](C)[C@@H]2C[C@@H]3CC[C@@H]2C3)cc1OC. The van der Waals surface area contributed by atoms with Gasteiger partial charge in [-0.3, -0.25) is 9.59 Å². The summed E-state index contributed by atoms with van der Waals surface area (Å²) in [4.78, 5) is 26.4. The second-order valence-corrected chi connectivity index (χ2v) is 10.0. The van der Waals surface area contributed by atoms with Gasteiger partial charge in [-0.15, -0.1) is 11.8 Å². The molecule has 7 heteroatoms. The highest BCUT2D eigenvalue weighted by atomic mass is 32.2. The van der Waals surface area contributed by atoms with Crippen LogP contribution in [0.5, 0.6) is 11.5 Å². The molecule has 0 radical (unpaired) electrons. The predicted molar refractivity (Wildman–Crippen MR) is 131 cm³/mol. The maximum absolute atomic E-state index is 13.1. The number of ether oxygens (including phenoxy) is 2. The number of amides is 2. The van der Waals surface area contributed by atoms with Crippen LogP contribution in [0, 0.1) is 17.8 Å². The van der Waals surface area contributed by atoms with Gasteiger partial charge in [-0.2, -0.15) is 0 Å². The molecule has 2 aliphatic rings. The summed E-state index contributed by atoms with van der Waals surface area (Å²) in [7, 11) is 3.12. The van der Waals surface area contributed by atoms with Gasteiger partial charge in [0, 0.05) is 22.7 Å². The fourth-order valence-corrected chi connectivity index (χ4v) is 6.18. The molecular formula is C26H32N2O4S. The number of anilines is 1. The second-order valence-electron chi connectivity index (χ2n) is 9.00. The highest BCUT2D eigenvalue weighted by molar-refractivity contribution is 8.00. The maximum atomic E-state index is 13.1. The van der Waals surface area contributed by atoms with Crippen molar-refractivity contribution in [3.63, 3.8) is 0 Å². The Morgan fingerprint density at radius 2 is 1.85 bits per heavy atom. The van der Waals surface area contributed by atoms with Gasteiger partial charge >= 0.3 is 0 Å². The summed E-state index contributed by atoms with van der Waals surface area (Å²) in [6, 6.07) is 12.9. The van der Waals surface area contributed by atoms with Crippen molar-refractivity contribution in [3.8, 4) is 11.5 Å². The van der Waals surface area contributed by atoms with E-state index in [2.05, 4.69) is 17.6 Å². The number of hydrogen-bond donors (Lipinski definition) is 2. The predicted octanol–water partition coefficient (Wildman–Crippen LogP) is 4.99. The first kappa shape index (κ1) is 23.5. The van der Waals surface area contributed by atoms with Crippen LogP contribution in [0.3, 0.4) is 0 Å². The Labute approximate surface area is 199 Å². The van der Waals surface area contributed by atoms with E-state index in [0.29, 0.717) is 28.7 Å². The van der Waals surface area contributed by atoms with Gasteiger partial charge in [0.2, 0.25) is 5.91 Å². The van der Waals surface area contributed by atoms with Crippen molar-refractivity contribution >= 4 is 29.3 Å². The van der Waals surface area contributed by atoms with Crippen molar-refractivity contribution < 1.29 is 19.1 Å². The molecule has 2 saturated carbocycles. The summed E-state index contributed by atoms with van der Waals surface area (Å²) < 4.78 is 10.5. The Morgan fingerprint density at radius 1 is 1.06 bits per heavy atom. The smallest absolute Gasteiger partial charge is 0.252 e. The molecule has 2 amide bonds. The lowest BCUT2D eigenvalue weighted by atomic mass is 9.84. The minimum absolute atomic E-state index is 0.0614. The zero-order valence-corrected chi connectivity index (χ0v) is 20.2. The molecule has 0 aliphatic heterocycles. The monoisotopic (exact) mass is 468 g/mol. The molecule has 0 spiro atoms. The Morgan fingerprint density at radius 3 is 2.55 bits per heavy atom. The molecule has 4 rings (SSSR count). The van der Waals surface area contributed by atoms with Crippen LogP contribution in [0.2, 0.25) is 0 Å². The van der Waals surface area contributed by atoms with Gasteiger partial charge in [-0.25, -0.2) is 0 Å². The van der Waals surface area contributed by atoms with Crippen LogP contribution in [0.1, 0.15) is 43.0 Å². The van der Waals surface area contributed by atoms with E-state index in [-0.39, 0.29) is 23.6 Å². The van der Waals surface area contributed by atoms with Crippen molar-refractivity contribution in [1.82, 2.24) is 5.32 Å². The topological polar surface area (TPSA) is 76.7 Å². The third kappa shape index (κ3) is 5.46. The standard InChI is InChI=1S/C26H32N2O4S/c1-16(21-13-17-8-9-18(21)12-17)27-26(30)20-6-4-5-7-24(20)33-15-25(29)28-19-10-11-22(31-2)23(14-19)32-3/h4-7,10-11,14,16-18,21H,8-9,12-13,15H2,1-3H3,(H,27,30)(H,28,29)/t16-,17+,18+,21-/m0/s1. The molecule has 2 aromatic carbocycles. The number of fused-ring (bicyclic) bond motifs is 2. The van der Waals surface area contributed by atoms with E-state index in [9.17, 15) is 9.59 Å². The van der Waals surface area contributed by atoms with Crippen LogP contribution >= 0.6 is 11.8 Å². The molecule has 176 valence electrons. The quantitative estimate of drug-likeness (QED) is 0.507. The molecule has 2 aromatic rings. The van der Waals surface area contributed by atoms with Crippen molar-refractivity contribution in [2.24, 2.45) is 17.8 Å². The van der Waals surface area contributed by atoms with Gasteiger partial charge in [-0.1, -0.05) is 18.6 Å². The Kier molecular flexibility index (Phi) is 7.48. The lowest BCUT2D eigenvalue weighted by Crippen LogP contribution is -2.40. The first-order valence-corrected chi connectivity index (χ1v) is 12.5. The highest BCUT2D eigenvalue weighted by Gasteiger charge is 2.42. The van der Waals surface area contributed by atoms with E-state index in [0.717, 1.165) is 16.7 Å². The molecule has 2 fully saturated rings. The summed E-state index contributed by atoms with van der Waals surface area (Å²) in [5.41, 5.74) is 1.25. The number of benzene rings is 2. The summed E-state index contributed by atoms with van der Waals surface area (Å²) in [5, 5.41) is 6.11. The molecule has 2 aliphatic carbocycles. The van der Waals surface area contributed by atoms with E-state index >= 15 is 0 Å². The average Bonchev–Trinajstić information content (AvgIpc) is 3.47. The van der Waals surface area contributed by atoms with Crippen molar-refractivity contribution in [2.75, 3.05) is 25.3 Å². The summed E-state index contributed by atoms with van der Waals surface area (Å²) >= 11 is 1.36. The number of methoxy groups -OCH3 is 2. The largest absolute Gasteiger partial charge is 0.493 e. The van der Waals surface area contributed by atoms with Gasteiger partial charge in [0.15, 0.2) is 11.5 Å². The molecule has 0 aromatic heterocycles. The third-order valence-electron chi connectivity index (χ3n) is 6.95. The minimum Gasteiger partial charge on any atom is -0.493 e. The van der Waals surface area contributed by atoms with Gasteiger partial charge < -0.3 is 20.1 Å². The van der Waals surface area contributed by atoms with Gasteiger partial charge in [0.05, 0.1) is 25.5 Å². The molecule has 4 atom stereocenters. The normalized spacial score (nSPS) is 22.0. The molecule has 0 heterocycles. The van der Waals surface area contributed by atoms with Crippen molar-refractivity contribution in [2.45, 2.75) is 43.5 Å². The Bertz CT molecular complexity index is 1010. The van der Waals surface area contributed by atoms with Crippen LogP contribution in [-0.4, -0.2) is 37.8 Å². The van der Waals surface area contributed by atoms with Crippen molar-refractivity contribution in [1.29, 1.82) is 0 Å². The lowest BCUT2D eigenvalue weighted by Gasteiger charge is -2.28. The van der Waals surface area contributed by atoms with E-state index < -0.39 is 0 Å². The number of carbonyl (C=O) groups is 2. The first-order valence-electron chi connectivity index (χ1n) is 11.5. The molecule has 0 unspecified atom stereocenters. The summed E-state index contributed by atoms with van der Waals surface area (Å²) in [6.07, 6.45) is 5.22. The molecule has 0 saturated heterocycles. The van der Waals surface area contributed by atoms with Crippen LogP contribution in [-0.2, 0) is 4.79 Å². The molecule has 2 bridgehead atoms. The third-order valence-corrected chi connectivity index (χ3v) is 8.03. The van der Waals surface area contributed by atoms with E-state index in [1.807, 2.05) is 24.3 Å². The van der Waals surface area contributed by atoms with E-state index in [4.69, 9.17) is 9.47 Å². The minimum atomic E-state index is -0.155. The molecule has 2 N–H and O–H groups in total. The van der Waals surface area contributed by atoms with Gasteiger partial charge in [0.25, 0.3) is 5.91 Å². The number of thioether (sulfide) groups is 1. The fraction of sp³-hybridized carbons (Fsp3) is 0.462. The maximum Gasteiger partial charge on any atom is 0.252 e. The molecular weight excluding hydrogens is 436 g/mol. The first-order chi connectivity index (χ1) is 16.0. The van der Waals surface area contributed by atoms with Crippen LogP contribution in [0.15, 0.2) is 47.4 Å². The van der Waals surface area contributed by atoms with Gasteiger partial charge in [0.1, 0.15) is 0 Å². The van der Waals surface area contributed by atoms with Crippen LogP contribution in [0.25, 0.3) is 0 Å². The Balaban J connectivity index is 1.34. The number of nitrogens with one attached hydrogen (secondary N) is 2. The number of rotatable bonds is 9. The van der Waals surface area contributed by atoms with Crippen molar-refractivity contribution in [3.05, 3.63) is 48.0 Å². The van der Waals surface area contributed by atoms with Crippen LogP contribution in [0.4, 0.5) is 5.69 Å². The zero-order valence-electron chi connectivity index (χ0n) is 19.4. The van der Waals surface area contributed by atoms with Crippen LogP contribution < -0.4 is 20.1 Å².